The summed E-state index contributed by atoms with van der Waals surface area (Å²) in [5.74, 6) is 0. The summed E-state index contributed by atoms with van der Waals surface area (Å²) in [4.78, 5) is 24.9. The fourth-order valence-corrected chi connectivity index (χ4v) is 1.90. The Labute approximate surface area is 101 Å². The van der Waals surface area contributed by atoms with Gasteiger partial charge in [-0.15, -0.1) is 0 Å². The fourth-order valence-electron chi connectivity index (χ4n) is 1.90. The lowest BCUT2D eigenvalue weighted by Gasteiger charge is -2.14. The van der Waals surface area contributed by atoms with Crippen molar-refractivity contribution in [2.45, 2.75) is 31.5 Å². The summed E-state index contributed by atoms with van der Waals surface area (Å²) in [6.45, 7) is -0.864. The summed E-state index contributed by atoms with van der Waals surface area (Å²) < 4.78 is 6.38. The predicted molar refractivity (Wildman–Crippen MR) is 58.9 cm³/mol. The number of nitrogens with zero attached hydrogens (tertiary/aromatic N) is 1. The average molecular weight is 258 g/mol. The molecule has 2 rings (SSSR count). The van der Waals surface area contributed by atoms with E-state index >= 15 is 0 Å². The Morgan fingerprint density at radius 2 is 2.17 bits per heavy atom. The molecule has 1 aromatic rings. The van der Waals surface area contributed by atoms with E-state index in [0.717, 1.165) is 4.57 Å². The van der Waals surface area contributed by atoms with E-state index in [4.69, 9.17) is 14.9 Å². The molecule has 0 aliphatic carbocycles. The molecule has 1 aromatic heterocycles. The number of H-pyrrole nitrogens is 1. The van der Waals surface area contributed by atoms with Gasteiger partial charge >= 0.3 is 5.69 Å². The molecule has 8 heteroatoms. The maximum Gasteiger partial charge on any atom is 0.330 e. The molecule has 4 N–H and O–H groups in total. The van der Waals surface area contributed by atoms with Gasteiger partial charge in [-0.05, 0) is 0 Å². The van der Waals surface area contributed by atoms with Crippen LogP contribution in [0.5, 0.6) is 0 Å². The van der Waals surface area contributed by atoms with E-state index in [1.165, 1.54) is 6.20 Å². The zero-order valence-electron chi connectivity index (χ0n) is 9.44. The molecule has 0 unspecified atom stereocenters. The van der Waals surface area contributed by atoms with Crippen LogP contribution in [0.25, 0.3) is 0 Å². The van der Waals surface area contributed by atoms with Crippen molar-refractivity contribution in [1.29, 1.82) is 0 Å². The van der Waals surface area contributed by atoms with Gasteiger partial charge in [0.15, 0.2) is 0 Å². The number of nitrogens with one attached hydrogen (secondary N) is 1. The molecule has 0 aromatic carbocycles. The molecule has 1 fully saturated rings. The van der Waals surface area contributed by atoms with Gasteiger partial charge in [0.1, 0.15) is 12.3 Å². The SMILES string of the molecule is O=c1[nH]c(=O)n([C@@H]2C[C@@H](O)[C@@H](CO)O2)cc1CO. The summed E-state index contributed by atoms with van der Waals surface area (Å²) in [6.07, 6.45) is -1.09. The minimum atomic E-state index is -0.878. The van der Waals surface area contributed by atoms with Gasteiger partial charge in [0.05, 0.1) is 24.9 Å². The van der Waals surface area contributed by atoms with E-state index in [-0.39, 0.29) is 18.6 Å². The Hall–Kier alpha value is -1.48. The third-order valence-corrected chi connectivity index (χ3v) is 2.91. The fraction of sp³-hybridized carbons (Fsp3) is 0.600. The smallest absolute Gasteiger partial charge is 0.330 e. The molecule has 1 saturated heterocycles. The Bertz CT molecular complexity index is 536. The number of aliphatic hydroxyl groups is 3. The second-order valence-electron chi connectivity index (χ2n) is 4.09. The Kier molecular flexibility index (Phi) is 3.62. The first-order chi connectivity index (χ1) is 8.56. The van der Waals surface area contributed by atoms with Gasteiger partial charge < -0.3 is 20.1 Å². The van der Waals surface area contributed by atoms with Crippen molar-refractivity contribution < 1.29 is 20.1 Å². The largest absolute Gasteiger partial charge is 0.394 e. The second-order valence-corrected chi connectivity index (χ2v) is 4.09. The molecule has 0 bridgehead atoms. The molecule has 1 aliphatic rings. The van der Waals surface area contributed by atoms with E-state index in [2.05, 4.69) is 4.98 Å². The molecule has 0 amide bonds. The van der Waals surface area contributed by atoms with Gasteiger partial charge in [0.25, 0.3) is 5.56 Å². The molecule has 8 nitrogen and oxygen atoms in total. The summed E-state index contributed by atoms with van der Waals surface area (Å²) >= 11 is 0. The first-order valence-corrected chi connectivity index (χ1v) is 5.46. The normalized spacial score (nSPS) is 27.6. The van der Waals surface area contributed by atoms with Crippen LogP contribution in [-0.2, 0) is 11.3 Å². The van der Waals surface area contributed by atoms with Crippen molar-refractivity contribution in [1.82, 2.24) is 9.55 Å². The molecule has 0 spiro atoms. The maximum atomic E-state index is 11.6. The summed E-state index contributed by atoms with van der Waals surface area (Å²) in [5.41, 5.74) is -1.32. The third kappa shape index (κ3) is 2.23. The van der Waals surface area contributed by atoms with Gasteiger partial charge in [-0.1, -0.05) is 0 Å². The average Bonchev–Trinajstić information content (AvgIpc) is 2.70. The molecular formula is C10H14N2O6. The molecule has 0 radical (unpaired) electrons. The second kappa shape index (κ2) is 5.02. The molecule has 1 aliphatic heterocycles. The minimum Gasteiger partial charge on any atom is -0.394 e. The third-order valence-electron chi connectivity index (χ3n) is 2.91. The van der Waals surface area contributed by atoms with Gasteiger partial charge in [-0.25, -0.2) is 4.79 Å². The van der Waals surface area contributed by atoms with E-state index < -0.39 is 36.3 Å². The van der Waals surface area contributed by atoms with Crippen LogP contribution in [0.3, 0.4) is 0 Å². The van der Waals surface area contributed by atoms with Gasteiger partial charge in [-0.2, -0.15) is 0 Å². The molecule has 100 valence electrons. The van der Waals surface area contributed by atoms with Crippen LogP contribution in [0.4, 0.5) is 0 Å². The molecule has 3 atom stereocenters. The van der Waals surface area contributed by atoms with Crippen molar-refractivity contribution in [2.75, 3.05) is 6.61 Å². The number of aromatic nitrogens is 2. The quantitative estimate of drug-likeness (QED) is 0.482. The highest BCUT2D eigenvalue weighted by Gasteiger charge is 2.35. The Balaban J connectivity index is 2.35. The van der Waals surface area contributed by atoms with Crippen LogP contribution in [0, 0.1) is 0 Å². The topological polar surface area (TPSA) is 125 Å². The van der Waals surface area contributed by atoms with Crippen LogP contribution >= 0.6 is 0 Å². The monoisotopic (exact) mass is 258 g/mol. The van der Waals surface area contributed by atoms with Crippen LogP contribution < -0.4 is 11.2 Å². The van der Waals surface area contributed by atoms with Gasteiger partial charge in [0, 0.05) is 12.6 Å². The van der Waals surface area contributed by atoms with Crippen molar-refractivity contribution in [2.24, 2.45) is 0 Å². The summed E-state index contributed by atoms with van der Waals surface area (Å²) in [6, 6.07) is 0. The van der Waals surface area contributed by atoms with Crippen LogP contribution in [0.1, 0.15) is 18.2 Å². The summed E-state index contributed by atoms with van der Waals surface area (Å²) in [7, 11) is 0. The van der Waals surface area contributed by atoms with Gasteiger partial charge in [0.2, 0.25) is 0 Å². The lowest BCUT2D eigenvalue weighted by Crippen LogP contribution is -2.34. The zero-order valence-corrected chi connectivity index (χ0v) is 9.44. The van der Waals surface area contributed by atoms with Gasteiger partial charge in [-0.3, -0.25) is 14.3 Å². The highest BCUT2D eigenvalue weighted by atomic mass is 16.5. The standard InChI is InChI=1S/C10H14N2O6/c13-3-5-2-12(10(17)11-9(5)16)8-1-6(15)7(4-14)18-8/h2,6-8,13-15H,1,3-4H2,(H,11,16,17)/t6-,7-,8+/m1/s1. The highest BCUT2D eigenvalue weighted by Crippen LogP contribution is 2.27. The highest BCUT2D eigenvalue weighted by molar-refractivity contribution is 5.03. The number of hydrogen-bond acceptors (Lipinski definition) is 6. The predicted octanol–water partition coefficient (Wildman–Crippen LogP) is -2.33. The number of rotatable bonds is 3. The molecular weight excluding hydrogens is 244 g/mol. The molecule has 2 heterocycles. The van der Waals surface area contributed by atoms with E-state index in [0.29, 0.717) is 0 Å². The number of ether oxygens (including phenoxy) is 1. The van der Waals surface area contributed by atoms with Crippen LogP contribution in [-0.4, -0.2) is 43.7 Å². The van der Waals surface area contributed by atoms with Crippen LogP contribution in [0.15, 0.2) is 15.8 Å². The van der Waals surface area contributed by atoms with E-state index in [1.54, 1.807) is 0 Å². The Morgan fingerprint density at radius 3 is 2.72 bits per heavy atom. The molecule has 18 heavy (non-hydrogen) atoms. The first-order valence-electron chi connectivity index (χ1n) is 5.46. The van der Waals surface area contributed by atoms with E-state index in [1.807, 2.05) is 0 Å². The Morgan fingerprint density at radius 1 is 1.44 bits per heavy atom. The minimum absolute atomic E-state index is 0.0279. The first kappa shape index (κ1) is 13.0. The zero-order chi connectivity index (χ0) is 13.3. The number of hydrogen-bond donors (Lipinski definition) is 4. The van der Waals surface area contributed by atoms with E-state index in [9.17, 15) is 14.7 Å². The van der Waals surface area contributed by atoms with Crippen molar-refractivity contribution in [3.8, 4) is 0 Å². The lowest BCUT2D eigenvalue weighted by molar-refractivity contribution is -0.0460. The summed E-state index contributed by atoms with van der Waals surface area (Å²) in [5, 5.41) is 27.5. The van der Waals surface area contributed by atoms with Crippen molar-refractivity contribution in [3.05, 3.63) is 32.6 Å². The molecule has 0 saturated carbocycles. The maximum absolute atomic E-state index is 11.6. The van der Waals surface area contributed by atoms with Crippen LogP contribution in [0.2, 0.25) is 0 Å². The van der Waals surface area contributed by atoms with Crippen molar-refractivity contribution >= 4 is 0 Å². The number of aliphatic hydroxyl groups excluding tert-OH is 3. The van der Waals surface area contributed by atoms with Crippen molar-refractivity contribution in [3.63, 3.8) is 0 Å². The number of aromatic amines is 1. The lowest BCUT2D eigenvalue weighted by atomic mass is 10.2.